The van der Waals surface area contributed by atoms with Gasteiger partial charge in [-0.1, -0.05) is 11.6 Å². The second kappa shape index (κ2) is 8.19. The summed E-state index contributed by atoms with van der Waals surface area (Å²) in [5.41, 5.74) is 5.42. The highest BCUT2D eigenvalue weighted by Crippen LogP contribution is 2.16. The van der Waals surface area contributed by atoms with Crippen molar-refractivity contribution in [3.05, 3.63) is 29.3 Å². The second-order valence-electron chi connectivity index (χ2n) is 3.92. The summed E-state index contributed by atoms with van der Waals surface area (Å²) in [6, 6.07) is 6.57. The SMILES string of the molecule is CC(CNC(=O)[C@@H](C)N)Oc1ccc(Cl)cc1.Cl. The molecule has 1 aromatic carbocycles. The van der Waals surface area contributed by atoms with Crippen molar-refractivity contribution in [3.8, 4) is 5.75 Å². The number of ether oxygens (including phenoxy) is 1. The number of hydrogen-bond donors (Lipinski definition) is 2. The van der Waals surface area contributed by atoms with Crippen LogP contribution >= 0.6 is 24.0 Å². The molecule has 1 unspecified atom stereocenters. The van der Waals surface area contributed by atoms with Crippen molar-refractivity contribution in [2.45, 2.75) is 26.0 Å². The molecule has 0 spiro atoms. The number of nitrogens with two attached hydrogens (primary N) is 1. The van der Waals surface area contributed by atoms with Gasteiger partial charge in [-0.25, -0.2) is 0 Å². The highest BCUT2D eigenvalue weighted by Gasteiger charge is 2.09. The molecule has 6 heteroatoms. The average molecular weight is 293 g/mol. The van der Waals surface area contributed by atoms with Crippen LogP contribution in [0.2, 0.25) is 5.02 Å². The topological polar surface area (TPSA) is 64.4 Å². The Labute approximate surface area is 118 Å². The number of nitrogens with one attached hydrogen (secondary N) is 1. The predicted molar refractivity (Wildman–Crippen MR) is 75.4 cm³/mol. The summed E-state index contributed by atoms with van der Waals surface area (Å²) in [5.74, 6) is 0.536. The zero-order valence-electron chi connectivity index (χ0n) is 10.4. The Bertz CT molecular complexity index is 369. The highest BCUT2D eigenvalue weighted by molar-refractivity contribution is 6.30. The fourth-order valence-corrected chi connectivity index (χ4v) is 1.32. The van der Waals surface area contributed by atoms with Gasteiger partial charge in [0.05, 0.1) is 12.6 Å². The number of benzene rings is 1. The van der Waals surface area contributed by atoms with E-state index in [2.05, 4.69) is 5.32 Å². The van der Waals surface area contributed by atoms with E-state index in [1.165, 1.54) is 0 Å². The largest absolute Gasteiger partial charge is 0.489 e. The first-order valence-electron chi connectivity index (χ1n) is 5.44. The Morgan fingerprint density at radius 2 is 1.94 bits per heavy atom. The lowest BCUT2D eigenvalue weighted by Crippen LogP contribution is -2.42. The molecular formula is C12H18Cl2N2O2. The second-order valence-corrected chi connectivity index (χ2v) is 4.35. The molecule has 0 heterocycles. The summed E-state index contributed by atoms with van der Waals surface area (Å²) >= 11 is 5.76. The van der Waals surface area contributed by atoms with E-state index in [0.717, 1.165) is 5.75 Å². The lowest BCUT2D eigenvalue weighted by molar-refractivity contribution is -0.122. The number of halogens is 2. The van der Waals surface area contributed by atoms with Gasteiger partial charge in [0, 0.05) is 5.02 Å². The third kappa shape index (κ3) is 6.10. The molecule has 0 saturated heterocycles. The molecule has 0 aromatic heterocycles. The van der Waals surface area contributed by atoms with Crippen molar-refractivity contribution in [1.29, 1.82) is 0 Å². The first-order chi connectivity index (χ1) is 7.99. The van der Waals surface area contributed by atoms with E-state index >= 15 is 0 Å². The number of amides is 1. The average Bonchev–Trinajstić information content (AvgIpc) is 2.29. The summed E-state index contributed by atoms with van der Waals surface area (Å²) in [6.07, 6.45) is -0.126. The van der Waals surface area contributed by atoms with Crippen LogP contribution in [0.1, 0.15) is 13.8 Å². The highest BCUT2D eigenvalue weighted by atomic mass is 35.5. The molecule has 4 nitrogen and oxygen atoms in total. The molecule has 0 aliphatic carbocycles. The molecule has 0 fully saturated rings. The minimum atomic E-state index is -0.502. The van der Waals surface area contributed by atoms with Gasteiger partial charge in [-0.15, -0.1) is 12.4 Å². The molecule has 1 amide bonds. The minimum absolute atomic E-state index is 0. The summed E-state index contributed by atoms with van der Waals surface area (Å²) in [7, 11) is 0. The van der Waals surface area contributed by atoms with Gasteiger partial charge in [0.15, 0.2) is 0 Å². The van der Waals surface area contributed by atoms with Gasteiger partial charge in [0.1, 0.15) is 11.9 Å². The van der Waals surface area contributed by atoms with Gasteiger partial charge in [-0.2, -0.15) is 0 Å². The summed E-state index contributed by atoms with van der Waals surface area (Å²) in [6.45, 7) is 3.93. The zero-order chi connectivity index (χ0) is 12.8. The maximum atomic E-state index is 11.2. The minimum Gasteiger partial charge on any atom is -0.489 e. The Morgan fingerprint density at radius 1 is 1.39 bits per heavy atom. The van der Waals surface area contributed by atoms with Gasteiger partial charge in [-0.05, 0) is 38.1 Å². The number of rotatable bonds is 5. The summed E-state index contributed by atoms with van der Waals surface area (Å²) in [5, 5.41) is 3.36. The molecule has 0 saturated carbocycles. The lowest BCUT2D eigenvalue weighted by Gasteiger charge is -2.16. The smallest absolute Gasteiger partial charge is 0.236 e. The van der Waals surface area contributed by atoms with Crippen LogP contribution in [0.25, 0.3) is 0 Å². The van der Waals surface area contributed by atoms with Gasteiger partial charge >= 0.3 is 0 Å². The van der Waals surface area contributed by atoms with E-state index in [1.54, 1.807) is 31.2 Å². The van der Waals surface area contributed by atoms with Crippen molar-refractivity contribution in [3.63, 3.8) is 0 Å². The molecule has 0 bridgehead atoms. The van der Waals surface area contributed by atoms with Crippen molar-refractivity contribution >= 4 is 29.9 Å². The Morgan fingerprint density at radius 3 is 2.44 bits per heavy atom. The Balaban J connectivity index is 0.00000289. The molecule has 2 atom stereocenters. The van der Waals surface area contributed by atoms with Crippen molar-refractivity contribution in [2.75, 3.05) is 6.54 Å². The molecule has 0 radical (unpaired) electrons. The monoisotopic (exact) mass is 292 g/mol. The standard InChI is InChI=1S/C12H17ClN2O2.ClH/c1-8(7-15-12(16)9(2)14)17-11-5-3-10(13)4-6-11;/h3-6,8-9H,7,14H2,1-2H3,(H,15,16);1H/t8?,9-;/m1./s1. The van der Waals surface area contributed by atoms with Crippen LogP contribution in [-0.2, 0) is 4.79 Å². The molecule has 3 N–H and O–H groups in total. The van der Waals surface area contributed by atoms with Crippen LogP contribution in [0.15, 0.2) is 24.3 Å². The van der Waals surface area contributed by atoms with Crippen molar-refractivity contribution in [2.24, 2.45) is 5.73 Å². The van der Waals surface area contributed by atoms with Crippen LogP contribution in [-0.4, -0.2) is 24.6 Å². The number of hydrogen-bond acceptors (Lipinski definition) is 3. The van der Waals surface area contributed by atoms with Crippen LogP contribution < -0.4 is 15.8 Å². The maximum Gasteiger partial charge on any atom is 0.236 e. The molecule has 0 aliphatic rings. The van der Waals surface area contributed by atoms with Gasteiger partial charge in [0.2, 0.25) is 5.91 Å². The third-order valence-corrected chi connectivity index (χ3v) is 2.38. The third-order valence-electron chi connectivity index (χ3n) is 2.13. The fraction of sp³-hybridized carbons (Fsp3) is 0.417. The summed E-state index contributed by atoms with van der Waals surface area (Å²) < 4.78 is 5.59. The van der Waals surface area contributed by atoms with Crippen LogP contribution in [0.4, 0.5) is 0 Å². The van der Waals surface area contributed by atoms with Crippen molar-refractivity contribution < 1.29 is 9.53 Å². The molecular weight excluding hydrogens is 275 g/mol. The first kappa shape index (κ1) is 17.0. The maximum absolute atomic E-state index is 11.2. The van der Waals surface area contributed by atoms with E-state index in [-0.39, 0.29) is 24.4 Å². The van der Waals surface area contributed by atoms with E-state index in [1.807, 2.05) is 6.92 Å². The van der Waals surface area contributed by atoms with Crippen LogP contribution in [0.3, 0.4) is 0 Å². The summed E-state index contributed by atoms with van der Waals surface area (Å²) in [4.78, 5) is 11.2. The van der Waals surface area contributed by atoms with E-state index in [9.17, 15) is 4.79 Å². The van der Waals surface area contributed by atoms with Gasteiger partial charge < -0.3 is 15.8 Å². The first-order valence-corrected chi connectivity index (χ1v) is 5.82. The van der Waals surface area contributed by atoms with Crippen LogP contribution in [0, 0.1) is 0 Å². The molecule has 18 heavy (non-hydrogen) atoms. The van der Waals surface area contributed by atoms with Crippen LogP contribution in [0.5, 0.6) is 5.75 Å². The molecule has 102 valence electrons. The zero-order valence-corrected chi connectivity index (χ0v) is 11.9. The number of carbonyl (C=O) groups excluding carboxylic acids is 1. The quantitative estimate of drug-likeness (QED) is 0.872. The fourth-order valence-electron chi connectivity index (χ4n) is 1.19. The Hall–Kier alpha value is -0.970. The van der Waals surface area contributed by atoms with E-state index in [4.69, 9.17) is 22.1 Å². The lowest BCUT2D eigenvalue weighted by atomic mass is 10.3. The molecule has 1 aromatic rings. The van der Waals surface area contributed by atoms with E-state index < -0.39 is 6.04 Å². The number of carbonyl (C=O) groups is 1. The predicted octanol–water partition coefficient (Wildman–Crippen LogP) is 1.99. The Kier molecular flexibility index (Phi) is 7.75. The van der Waals surface area contributed by atoms with Crippen molar-refractivity contribution in [1.82, 2.24) is 5.32 Å². The molecule has 0 aliphatic heterocycles. The normalized spacial score (nSPS) is 13.1. The van der Waals surface area contributed by atoms with Gasteiger partial charge in [-0.3, -0.25) is 4.79 Å². The van der Waals surface area contributed by atoms with E-state index in [0.29, 0.717) is 11.6 Å². The molecule has 1 rings (SSSR count). The van der Waals surface area contributed by atoms with Gasteiger partial charge in [0.25, 0.3) is 0 Å².